The molecule has 0 aliphatic heterocycles. The van der Waals surface area contributed by atoms with Crippen LogP contribution in [0.5, 0.6) is 5.75 Å². The summed E-state index contributed by atoms with van der Waals surface area (Å²) in [6.45, 7) is 5.82. The van der Waals surface area contributed by atoms with Gasteiger partial charge in [0, 0.05) is 12.8 Å². The summed E-state index contributed by atoms with van der Waals surface area (Å²) in [5, 5.41) is 22.9. The lowest BCUT2D eigenvalue weighted by atomic mass is 10.0. The largest absolute Gasteiger partial charge is 0.506 e. The van der Waals surface area contributed by atoms with Crippen molar-refractivity contribution in [1.82, 2.24) is 26.6 Å². The van der Waals surface area contributed by atoms with Crippen molar-refractivity contribution >= 4 is 92.6 Å². The van der Waals surface area contributed by atoms with Crippen molar-refractivity contribution in [3.63, 3.8) is 0 Å². The molecule has 0 radical (unpaired) electrons. The van der Waals surface area contributed by atoms with Gasteiger partial charge in [-0.2, -0.15) is 11.8 Å². The van der Waals surface area contributed by atoms with E-state index in [1.807, 2.05) is 57.5 Å². The molecule has 6 N–H and O–H groups in total. The zero-order valence-corrected chi connectivity index (χ0v) is 34.2. The van der Waals surface area contributed by atoms with Gasteiger partial charge in [0.05, 0.1) is 26.8 Å². The van der Waals surface area contributed by atoms with E-state index < -0.39 is 72.5 Å². The van der Waals surface area contributed by atoms with E-state index >= 15 is 0 Å². The molecule has 0 unspecified atom stereocenters. The Hall–Kier alpha value is -3.33. The Morgan fingerprint density at radius 1 is 0.804 bits per heavy atom. The van der Waals surface area contributed by atoms with Crippen molar-refractivity contribution in [2.45, 2.75) is 70.7 Å². The van der Waals surface area contributed by atoms with Crippen LogP contribution >= 0.6 is 56.9 Å². The van der Waals surface area contributed by atoms with Gasteiger partial charge in [0.15, 0.2) is 0 Å². The number of aromatic hydroxyl groups is 1. The Bertz CT molecular complexity index is 1500. The summed E-state index contributed by atoms with van der Waals surface area (Å²) >= 11 is 5.43. The quantitative estimate of drug-likeness (QED) is 0.0955. The summed E-state index contributed by atoms with van der Waals surface area (Å²) in [6.07, 6.45) is 1.52. The Kier molecular flexibility index (Phi) is 18.8. The molecule has 0 bridgehead atoms. The van der Waals surface area contributed by atoms with Crippen molar-refractivity contribution in [1.29, 1.82) is 0 Å². The van der Waals surface area contributed by atoms with Crippen LogP contribution in [0.4, 0.5) is 4.79 Å². The molecule has 0 heterocycles. The maximum Gasteiger partial charge on any atom is 0.408 e. The summed E-state index contributed by atoms with van der Waals surface area (Å²) in [5.74, 6) is -2.54. The third kappa shape index (κ3) is 16.7. The Morgan fingerprint density at radius 2 is 1.39 bits per heavy atom. The number of thioether (sulfide) groups is 1. The van der Waals surface area contributed by atoms with Gasteiger partial charge in [0.1, 0.15) is 29.5 Å². The summed E-state index contributed by atoms with van der Waals surface area (Å²) in [6, 6.07) is 9.21. The molecule has 0 aliphatic rings. The first-order chi connectivity index (χ1) is 24.0. The van der Waals surface area contributed by atoms with E-state index in [1.54, 1.807) is 64.1 Å². The van der Waals surface area contributed by atoms with Crippen LogP contribution in [0, 0.1) is 7.14 Å². The lowest BCUT2D eigenvalue weighted by molar-refractivity contribution is -0.147. The number of hydrogen-bond acceptors (Lipinski definition) is 10. The first-order valence-electron chi connectivity index (χ1n) is 16.0. The fraction of sp³-hybridized carbons (Fsp3) is 0.471. The zero-order chi connectivity index (χ0) is 38.1. The second-order valence-corrected chi connectivity index (χ2v) is 15.5. The van der Waals surface area contributed by atoms with Crippen molar-refractivity contribution in [3.05, 3.63) is 60.7 Å². The number of rotatable bonds is 18. The smallest absolute Gasteiger partial charge is 0.408 e. The second-order valence-electron chi connectivity index (χ2n) is 12.2. The van der Waals surface area contributed by atoms with E-state index in [4.69, 9.17) is 9.47 Å². The number of ether oxygens (including phenoxy) is 2. The van der Waals surface area contributed by atoms with Gasteiger partial charge >= 0.3 is 12.1 Å². The predicted octanol–water partition coefficient (Wildman–Crippen LogP) is 2.80. The third-order valence-electron chi connectivity index (χ3n) is 6.83. The van der Waals surface area contributed by atoms with Gasteiger partial charge in [-0.3, -0.25) is 19.2 Å². The van der Waals surface area contributed by atoms with Crippen LogP contribution in [-0.2, 0) is 46.3 Å². The van der Waals surface area contributed by atoms with E-state index in [2.05, 4.69) is 26.6 Å². The third-order valence-corrected chi connectivity index (χ3v) is 9.11. The molecule has 14 nitrogen and oxygen atoms in total. The number of esters is 1. The number of benzene rings is 2. The normalized spacial score (nSPS) is 12.8. The number of halogens is 2. The highest BCUT2D eigenvalue weighted by molar-refractivity contribution is 14.1. The highest BCUT2D eigenvalue weighted by atomic mass is 127. The van der Waals surface area contributed by atoms with E-state index in [1.165, 1.54) is 11.8 Å². The maximum absolute atomic E-state index is 13.4. The molecule has 0 aliphatic carbocycles. The van der Waals surface area contributed by atoms with Crippen molar-refractivity contribution in [2.24, 2.45) is 0 Å². The van der Waals surface area contributed by atoms with Crippen LogP contribution in [0.2, 0.25) is 0 Å². The van der Waals surface area contributed by atoms with Gasteiger partial charge in [-0.05, 0) is 115 Å². The van der Waals surface area contributed by atoms with E-state index in [9.17, 15) is 33.9 Å². The molecule has 0 spiro atoms. The van der Waals surface area contributed by atoms with Gasteiger partial charge < -0.3 is 41.2 Å². The van der Waals surface area contributed by atoms with Crippen LogP contribution < -0.4 is 26.6 Å². The fourth-order valence-electron chi connectivity index (χ4n) is 4.47. The molecule has 0 saturated heterocycles. The van der Waals surface area contributed by atoms with Gasteiger partial charge in [-0.1, -0.05) is 30.3 Å². The van der Waals surface area contributed by atoms with E-state index in [-0.39, 0.29) is 25.2 Å². The first kappa shape index (κ1) is 43.8. The van der Waals surface area contributed by atoms with E-state index in [0.717, 1.165) is 5.56 Å². The monoisotopic (exact) mass is 953 g/mol. The standard InChI is InChI=1S/C34H45I2N5O9S/c1-6-49-32(47)24(12-13-51-5)40-31(46)26(16-20-10-8-7-9-11-20)39-28(43)19-37-27(42)18-38-30(45)25(41-33(48)50-34(2,3)4)17-21-14-22(35)29(44)23(36)15-21/h7-11,14-15,24-26,44H,6,12-13,16-19H2,1-5H3,(H,37,42)(H,38,45)(H,39,43)(H,40,46)(H,41,48)/t24-,25-,26-/m0/s1. The summed E-state index contributed by atoms with van der Waals surface area (Å²) in [7, 11) is 0. The average molecular weight is 954 g/mol. The number of phenolic OH excluding ortho intramolecular Hbond substituents is 1. The zero-order valence-electron chi connectivity index (χ0n) is 29.1. The number of phenols is 1. The molecule has 0 saturated carbocycles. The minimum Gasteiger partial charge on any atom is -0.506 e. The highest BCUT2D eigenvalue weighted by Crippen LogP contribution is 2.28. The summed E-state index contributed by atoms with van der Waals surface area (Å²) in [4.78, 5) is 77.2. The molecule has 2 aromatic carbocycles. The van der Waals surface area contributed by atoms with Crippen molar-refractivity contribution in [2.75, 3.05) is 31.7 Å². The number of hydrogen-bond donors (Lipinski definition) is 6. The molecule has 0 aromatic heterocycles. The topological polar surface area (TPSA) is 201 Å². The molecule has 3 atom stereocenters. The molecule has 5 amide bonds. The lowest BCUT2D eigenvalue weighted by Gasteiger charge is -2.23. The Balaban J connectivity index is 2.06. The Morgan fingerprint density at radius 3 is 1.98 bits per heavy atom. The van der Waals surface area contributed by atoms with Crippen molar-refractivity contribution in [3.8, 4) is 5.75 Å². The van der Waals surface area contributed by atoms with Gasteiger partial charge in [0.25, 0.3) is 0 Å². The molecule has 0 fully saturated rings. The maximum atomic E-state index is 13.4. The fourth-order valence-corrected chi connectivity index (χ4v) is 6.84. The number of alkyl carbamates (subject to hydrolysis) is 1. The minimum absolute atomic E-state index is 0.0283. The highest BCUT2D eigenvalue weighted by Gasteiger charge is 2.29. The summed E-state index contributed by atoms with van der Waals surface area (Å²) < 4.78 is 11.5. The first-order valence-corrected chi connectivity index (χ1v) is 19.6. The number of nitrogens with one attached hydrogen (secondary N) is 5. The SMILES string of the molecule is CCOC(=O)[C@H](CCSC)NC(=O)[C@H](Cc1ccccc1)NC(=O)CNC(=O)CNC(=O)[C@H](Cc1cc(I)c(O)c(I)c1)NC(=O)OC(C)(C)C. The molecule has 51 heavy (non-hydrogen) atoms. The average Bonchev–Trinajstić information content (AvgIpc) is 3.05. The van der Waals surface area contributed by atoms with Crippen LogP contribution in [0.15, 0.2) is 42.5 Å². The van der Waals surface area contributed by atoms with Gasteiger partial charge in [0.2, 0.25) is 23.6 Å². The molecule has 280 valence electrons. The molecular formula is C34H45I2N5O9S. The van der Waals surface area contributed by atoms with E-state index in [0.29, 0.717) is 24.9 Å². The molecular weight excluding hydrogens is 908 g/mol. The Labute approximate surface area is 329 Å². The molecule has 17 heteroatoms. The van der Waals surface area contributed by atoms with Crippen LogP contribution in [-0.4, -0.2) is 96.2 Å². The van der Waals surface area contributed by atoms with Crippen molar-refractivity contribution < 1.29 is 43.3 Å². The number of carbonyl (C=O) groups excluding carboxylic acids is 6. The van der Waals surface area contributed by atoms with Crippen LogP contribution in [0.25, 0.3) is 0 Å². The summed E-state index contributed by atoms with van der Waals surface area (Å²) in [5.41, 5.74) is 0.575. The number of carbonyl (C=O) groups is 6. The van der Waals surface area contributed by atoms with Gasteiger partial charge in [-0.25, -0.2) is 9.59 Å². The lowest BCUT2D eigenvalue weighted by Crippen LogP contribution is -2.54. The molecule has 2 rings (SSSR count). The minimum atomic E-state index is -1.14. The number of amides is 5. The van der Waals surface area contributed by atoms with Gasteiger partial charge in [-0.15, -0.1) is 0 Å². The predicted molar refractivity (Wildman–Crippen MR) is 210 cm³/mol. The second kappa shape index (κ2) is 21.9. The molecule has 2 aromatic rings. The van der Waals surface area contributed by atoms with Crippen LogP contribution in [0.1, 0.15) is 45.2 Å². The van der Waals surface area contributed by atoms with Crippen LogP contribution in [0.3, 0.4) is 0 Å².